The van der Waals surface area contributed by atoms with Crippen LogP contribution >= 0.6 is 0 Å². The van der Waals surface area contributed by atoms with Crippen molar-refractivity contribution in [3.05, 3.63) is 39.5 Å². The minimum absolute atomic E-state index is 0.0848. The number of nitrogens with zero attached hydrogens (tertiary/aromatic N) is 3. The van der Waals surface area contributed by atoms with Crippen molar-refractivity contribution >= 4 is 5.91 Å². The minimum atomic E-state index is -0.225. The Labute approximate surface area is 127 Å². The maximum absolute atomic E-state index is 12.7. The van der Waals surface area contributed by atoms with Gasteiger partial charge in [0.2, 0.25) is 0 Å². The van der Waals surface area contributed by atoms with Gasteiger partial charge in [-0.25, -0.2) is 9.89 Å². The van der Waals surface area contributed by atoms with Gasteiger partial charge < -0.3 is 9.32 Å². The largest absolute Gasteiger partial charge is 0.465 e. The van der Waals surface area contributed by atoms with E-state index in [1.165, 1.54) is 0 Å². The molecular weight excluding hydrogens is 284 g/mol. The minimum Gasteiger partial charge on any atom is -0.465 e. The zero-order chi connectivity index (χ0) is 16.1. The first-order chi connectivity index (χ1) is 10.3. The first-order valence-corrected chi connectivity index (χ1v) is 7.31. The summed E-state index contributed by atoms with van der Waals surface area (Å²) < 4.78 is 7.30. The average molecular weight is 304 g/mol. The van der Waals surface area contributed by atoms with Gasteiger partial charge in [0.05, 0.1) is 12.1 Å². The summed E-state index contributed by atoms with van der Waals surface area (Å²) in [6.07, 6.45) is 0. The van der Waals surface area contributed by atoms with Gasteiger partial charge >= 0.3 is 5.69 Å². The van der Waals surface area contributed by atoms with Gasteiger partial charge in [0.15, 0.2) is 5.82 Å². The molecule has 1 aliphatic rings. The molecule has 1 aliphatic heterocycles. The number of hydrogen-bond acceptors (Lipinski definition) is 4. The van der Waals surface area contributed by atoms with Crippen LogP contribution in [0.15, 0.2) is 15.3 Å². The monoisotopic (exact) mass is 304 g/mol. The third kappa shape index (κ3) is 2.36. The highest BCUT2D eigenvalue weighted by molar-refractivity contribution is 5.95. The van der Waals surface area contributed by atoms with E-state index in [1.54, 1.807) is 16.4 Å². The van der Waals surface area contributed by atoms with Crippen LogP contribution in [0.3, 0.4) is 0 Å². The highest BCUT2D eigenvalue weighted by Gasteiger charge is 2.28. The molecule has 0 saturated carbocycles. The molecule has 0 radical (unpaired) electrons. The number of furan rings is 1. The lowest BCUT2D eigenvalue weighted by Gasteiger charge is -2.26. The molecule has 2 aromatic rings. The fourth-order valence-electron chi connectivity index (χ4n) is 2.58. The molecule has 3 heterocycles. The highest BCUT2D eigenvalue weighted by atomic mass is 16.3. The van der Waals surface area contributed by atoms with Crippen molar-refractivity contribution in [2.75, 3.05) is 6.54 Å². The van der Waals surface area contributed by atoms with E-state index in [2.05, 4.69) is 10.2 Å². The lowest BCUT2D eigenvalue weighted by molar-refractivity contribution is 0.0704. The molecule has 0 saturated heterocycles. The molecule has 22 heavy (non-hydrogen) atoms. The Morgan fingerprint density at radius 2 is 2.09 bits per heavy atom. The summed E-state index contributed by atoms with van der Waals surface area (Å²) in [5.41, 5.74) is 0.210. The molecule has 1 N–H and O–H groups in total. The smallest absolute Gasteiger partial charge is 0.343 e. The maximum atomic E-state index is 12.7. The predicted octanol–water partition coefficient (Wildman–Crippen LogP) is 1.43. The fourth-order valence-corrected chi connectivity index (χ4v) is 2.58. The number of carbonyl (C=O) groups excluding carboxylic acids is 1. The molecule has 7 nitrogen and oxygen atoms in total. The van der Waals surface area contributed by atoms with E-state index in [1.807, 2.05) is 26.8 Å². The van der Waals surface area contributed by atoms with Crippen molar-refractivity contribution in [2.45, 2.75) is 46.2 Å². The molecule has 118 valence electrons. The summed E-state index contributed by atoms with van der Waals surface area (Å²) in [5, 5.41) is 6.37. The first kappa shape index (κ1) is 14.6. The molecule has 0 unspecified atom stereocenters. The van der Waals surface area contributed by atoms with Crippen LogP contribution in [0.4, 0.5) is 0 Å². The van der Waals surface area contributed by atoms with Crippen LogP contribution in [0.5, 0.6) is 0 Å². The van der Waals surface area contributed by atoms with Gasteiger partial charge in [-0.1, -0.05) is 20.8 Å². The zero-order valence-corrected chi connectivity index (χ0v) is 13.3. The third-order valence-electron chi connectivity index (χ3n) is 3.94. The molecule has 1 amide bonds. The number of aromatic nitrogens is 3. The van der Waals surface area contributed by atoms with Gasteiger partial charge in [-0.3, -0.25) is 9.36 Å². The van der Waals surface area contributed by atoms with Gasteiger partial charge in [-0.15, -0.1) is 0 Å². The van der Waals surface area contributed by atoms with Crippen molar-refractivity contribution in [2.24, 2.45) is 0 Å². The standard InChI is InChI=1S/C15H20N4O3/c1-9-10(7-11(22-9)15(2,3)4)13(20)18-5-6-19-12(8-18)16-17-14(19)21/h7H,5-6,8H2,1-4H3,(H,17,21). The van der Waals surface area contributed by atoms with E-state index in [0.29, 0.717) is 36.8 Å². The normalized spacial score (nSPS) is 15.0. The average Bonchev–Trinajstić information content (AvgIpc) is 3.01. The molecule has 7 heteroatoms. The van der Waals surface area contributed by atoms with Crippen molar-refractivity contribution in [3.8, 4) is 0 Å². The Bertz CT molecular complexity index is 776. The number of amides is 1. The molecule has 0 fully saturated rings. The zero-order valence-electron chi connectivity index (χ0n) is 13.3. The Morgan fingerprint density at radius 1 is 1.36 bits per heavy atom. The molecular formula is C15H20N4O3. The summed E-state index contributed by atoms with van der Waals surface area (Å²) in [6.45, 7) is 9.21. The number of nitrogens with one attached hydrogen (secondary N) is 1. The van der Waals surface area contributed by atoms with E-state index in [9.17, 15) is 9.59 Å². The van der Waals surface area contributed by atoms with Crippen LogP contribution in [0.1, 0.15) is 48.5 Å². The Kier molecular flexibility index (Phi) is 3.23. The SMILES string of the molecule is Cc1oc(C(C)(C)C)cc1C(=O)N1CCn2c(n[nH]c2=O)C1. The number of aromatic amines is 1. The van der Waals surface area contributed by atoms with Gasteiger partial charge in [-0.2, -0.15) is 5.10 Å². The van der Waals surface area contributed by atoms with Crippen molar-refractivity contribution < 1.29 is 9.21 Å². The Hall–Kier alpha value is -2.31. The third-order valence-corrected chi connectivity index (χ3v) is 3.94. The molecule has 0 aliphatic carbocycles. The van der Waals surface area contributed by atoms with Crippen LogP contribution in [-0.4, -0.2) is 32.1 Å². The van der Waals surface area contributed by atoms with E-state index in [-0.39, 0.29) is 17.0 Å². The number of hydrogen-bond donors (Lipinski definition) is 1. The number of rotatable bonds is 1. The summed E-state index contributed by atoms with van der Waals surface area (Å²) >= 11 is 0. The number of carbonyl (C=O) groups is 1. The Morgan fingerprint density at radius 3 is 2.73 bits per heavy atom. The summed E-state index contributed by atoms with van der Waals surface area (Å²) in [6, 6.07) is 1.82. The van der Waals surface area contributed by atoms with Crippen LogP contribution in [0.2, 0.25) is 0 Å². The van der Waals surface area contributed by atoms with E-state index >= 15 is 0 Å². The number of fused-ring (bicyclic) bond motifs is 1. The van der Waals surface area contributed by atoms with Crippen LogP contribution < -0.4 is 5.69 Å². The van der Waals surface area contributed by atoms with Crippen molar-refractivity contribution in [3.63, 3.8) is 0 Å². The lowest BCUT2D eigenvalue weighted by atomic mass is 9.93. The molecule has 0 spiro atoms. The summed E-state index contributed by atoms with van der Waals surface area (Å²) in [7, 11) is 0. The van der Waals surface area contributed by atoms with Crippen molar-refractivity contribution in [1.29, 1.82) is 0 Å². The van der Waals surface area contributed by atoms with Crippen LogP contribution in [0, 0.1) is 6.92 Å². The van der Waals surface area contributed by atoms with Gasteiger partial charge in [0.1, 0.15) is 11.5 Å². The topological polar surface area (TPSA) is 84.1 Å². The van der Waals surface area contributed by atoms with Crippen LogP contribution in [-0.2, 0) is 18.5 Å². The number of H-pyrrole nitrogens is 1. The second-order valence-electron chi connectivity index (χ2n) is 6.65. The second kappa shape index (κ2) is 4.86. The first-order valence-electron chi connectivity index (χ1n) is 7.31. The fraction of sp³-hybridized carbons (Fsp3) is 0.533. The number of aryl methyl sites for hydroxylation is 1. The predicted molar refractivity (Wildman–Crippen MR) is 79.7 cm³/mol. The van der Waals surface area contributed by atoms with Gasteiger partial charge in [0.25, 0.3) is 5.91 Å². The maximum Gasteiger partial charge on any atom is 0.343 e. The molecule has 0 bridgehead atoms. The highest BCUT2D eigenvalue weighted by Crippen LogP contribution is 2.28. The Balaban J connectivity index is 1.87. The molecule has 0 aromatic carbocycles. The molecule has 0 atom stereocenters. The van der Waals surface area contributed by atoms with E-state index < -0.39 is 0 Å². The van der Waals surface area contributed by atoms with Gasteiger partial charge in [0, 0.05) is 18.5 Å². The molecule has 3 rings (SSSR count). The van der Waals surface area contributed by atoms with E-state index in [0.717, 1.165) is 5.76 Å². The van der Waals surface area contributed by atoms with Crippen LogP contribution in [0.25, 0.3) is 0 Å². The summed E-state index contributed by atoms with van der Waals surface area (Å²) in [4.78, 5) is 25.9. The van der Waals surface area contributed by atoms with Gasteiger partial charge in [-0.05, 0) is 13.0 Å². The van der Waals surface area contributed by atoms with Crippen molar-refractivity contribution in [1.82, 2.24) is 19.7 Å². The quantitative estimate of drug-likeness (QED) is 0.863. The second-order valence-corrected chi connectivity index (χ2v) is 6.65. The molecule has 2 aromatic heterocycles. The lowest BCUT2D eigenvalue weighted by Crippen LogP contribution is -2.40. The van der Waals surface area contributed by atoms with E-state index in [4.69, 9.17) is 4.42 Å². The summed E-state index contributed by atoms with van der Waals surface area (Å²) in [5.74, 6) is 1.92.